The molecule has 0 atom stereocenters. The van der Waals surface area contributed by atoms with Crippen LogP contribution in [0.15, 0.2) is 66.1 Å². The van der Waals surface area contributed by atoms with Crippen LogP contribution < -0.4 is 11.5 Å². The molecule has 0 saturated heterocycles. The van der Waals surface area contributed by atoms with E-state index in [2.05, 4.69) is 41.2 Å². The number of aliphatic imine (C=N–C) groups is 2. The number of carboxylic acids is 3. The van der Waals surface area contributed by atoms with Crippen LogP contribution in [0, 0.1) is 12.3 Å². The minimum atomic E-state index is -1.11. The van der Waals surface area contributed by atoms with Gasteiger partial charge in [-0.15, -0.1) is 0 Å². The first kappa shape index (κ1) is 45.6. The largest absolute Gasteiger partial charge is 0.478 e. The van der Waals surface area contributed by atoms with Crippen LogP contribution in [0.5, 0.6) is 0 Å². The summed E-state index contributed by atoms with van der Waals surface area (Å²) in [5.41, 5.74) is 9.11. The van der Waals surface area contributed by atoms with Crippen molar-refractivity contribution in [3.63, 3.8) is 0 Å². The number of rotatable bonds is 9. The molecule has 0 saturated carbocycles. The molecular weight excluding hydrogens is 552 g/mol. The van der Waals surface area contributed by atoms with Crippen LogP contribution >= 0.6 is 0 Å². The number of isocyanates is 2. The Balaban J connectivity index is -0.000000135. The van der Waals surface area contributed by atoms with Gasteiger partial charge >= 0.3 is 23.9 Å². The van der Waals surface area contributed by atoms with Crippen LogP contribution in [0.25, 0.3) is 0 Å². The van der Waals surface area contributed by atoms with Gasteiger partial charge in [-0.1, -0.05) is 25.8 Å². The summed E-state index contributed by atoms with van der Waals surface area (Å²) in [5, 5.41) is 56.8. The lowest BCUT2D eigenvalue weighted by atomic mass is 9.93. The number of carbonyl (C=O) groups is 4. The molecule has 1 aromatic carbocycles. The van der Waals surface area contributed by atoms with E-state index in [1.807, 2.05) is 0 Å². The van der Waals surface area contributed by atoms with Gasteiger partial charge in [0.2, 0.25) is 12.2 Å². The summed E-state index contributed by atoms with van der Waals surface area (Å²) in [4.78, 5) is 63.5. The Labute approximate surface area is 234 Å². The molecule has 0 aromatic heterocycles. The summed E-state index contributed by atoms with van der Waals surface area (Å²) in [5.74, 6) is -2.94. The van der Waals surface area contributed by atoms with Crippen molar-refractivity contribution in [1.29, 1.82) is 0 Å². The van der Waals surface area contributed by atoms with E-state index in [4.69, 9.17) is 40.5 Å². The maximum Gasteiger partial charge on any atom is 0.327 e. The number of aliphatic carboxylic acids is 3. The van der Waals surface area contributed by atoms with Crippen LogP contribution in [0.3, 0.4) is 0 Å². The third-order valence-electron chi connectivity index (χ3n) is 3.40. The van der Waals surface area contributed by atoms with Crippen molar-refractivity contribution in [2.45, 2.75) is 6.92 Å². The molecule has 0 heterocycles. The van der Waals surface area contributed by atoms with Crippen LogP contribution in [-0.4, -0.2) is 98.3 Å². The molecule has 0 bridgehead atoms. The van der Waals surface area contributed by atoms with E-state index in [9.17, 15) is 24.0 Å². The Hall–Kier alpha value is -5.28. The molecule has 41 heavy (non-hydrogen) atoms. The number of carboxylic acid groups (broad SMARTS) is 3. The number of hydrogen-bond donors (Lipinski definition) is 9. The first-order valence-corrected chi connectivity index (χ1v) is 10.4. The third kappa shape index (κ3) is 36.9. The van der Waals surface area contributed by atoms with Crippen molar-refractivity contribution >= 4 is 47.5 Å². The highest BCUT2D eigenvalue weighted by molar-refractivity contribution is 5.79. The molecule has 0 radical (unpaired) electrons. The van der Waals surface area contributed by atoms with Crippen LogP contribution in [0.2, 0.25) is 0 Å². The number of carbonyl (C=O) groups excluding carboxylic acids is 3. The van der Waals surface area contributed by atoms with Crippen LogP contribution in [-0.2, 0) is 24.0 Å². The van der Waals surface area contributed by atoms with E-state index in [-0.39, 0.29) is 0 Å². The van der Waals surface area contributed by atoms with Crippen molar-refractivity contribution in [2.75, 3.05) is 26.4 Å². The predicted molar refractivity (Wildman–Crippen MR) is 145 cm³/mol. The van der Waals surface area contributed by atoms with Crippen molar-refractivity contribution in [3.8, 4) is 0 Å². The number of urea groups is 1. The van der Waals surface area contributed by atoms with Crippen molar-refractivity contribution in [1.82, 2.24) is 0 Å². The van der Waals surface area contributed by atoms with E-state index in [1.165, 1.54) is 18.2 Å². The van der Waals surface area contributed by atoms with Crippen LogP contribution in [0.4, 0.5) is 16.2 Å². The predicted octanol–water partition coefficient (Wildman–Crippen LogP) is -0.334. The summed E-state index contributed by atoms with van der Waals surface area (Å²) in [6.45, 7) is 9.05. The number of amides is 2. The Kier molecular flexibility index (Phi) is 34.4. The highest BCUT2D eigenvalue weighted by Gasteiger charge is 2.26. The fraction of sp³-hybridized carbons (Fsp3) is 0.250. The SMILES string of the molecule is C=CC(=O)O.C=CC(=O)O.C=CC(=O)O.Cc1ccc(N=C=O)cc1N=C=O.NC(N)=O.OCC(CO)(CO)CO. The topological polar surface area (TPSA) is 321 Å². The Morgan fingerprint density at radius 2 is 1.07 bits per heavy atom. The van der Waals surface area contributed by atoms with Gasteiger partial charge in [0.25, 0.3) is 0 Å². The molecule has 1 aromatic rings. The van der Waals surface area contributed by atoms with Gasteiger partial charge in [-0.2, -0.15) is 9.98 Å². The zero-order chi connectivity index (χ0) is 33.4. The molecule has 0 aliphatic rings. The summed E-state index contributed by atoms with van der Waals surface area (Å²) < 4.78 is 0. The van der Waals surface area contributed by atoms with Crippen molar-refractivity contribution < 1.29 is 64.5 Å². The molecule has 1 rings (SSSR count). The molecular formula is C24H34N4O13. The smallest absolute Gasteiger partial charge is 0.327 e. The lowest BCUT2D eigenvalue weighted by molar-refractivity contribution is -0.132. The van der Waals surface area contributed by atoms with Crippen LogP contribution in [0.1, 0.15) is 5.56 Å². The highest BCUT2D eigenvalue weighted by atomic mass is 16.4. The molecule has 17 heteroatoms. The number of hydrogen-bond acceptors (Lipinski definition) is 12. The zero-order valence-electron chi connectivity index (χ0n) is 22.0. The first-order valence-electron chi connectivity index (χ1n) is 10.4. The lowest BCUT2D eigenvalue weighted by Gasteiger charge is -2.23. The Morgan fingerprint density at radius 1 is 0.780 bits per heavy atom. The number of aryl methyl sites for hydroxylation is 1. The molecule has 11 N–H and O–H groups in total. The maximum absolute atomic E-state index is 10.00. The monoisotopic (exact) mass is 586 g/mol. The quantitative estimate of drug-likeness (QED) is 0.102. The standard InChI is InChI=1S/C9H6N2O2.C5H12O4.3C3H4O2.CH4N2O/c1-7-2-3-8(10-5-12)4-9(7)11-6-13;6-1-5(2-7,3-8)4-9;3*1-2-3(4)5;2-1(3)4/h2-4H,1H3;6-9H,1-4H2;3*2H,1H2,(H,4,5);(H4,2,3,4). The second-order valence-electron chi connectivity index (χ2n) is 6.54. The van der Waals surface area contributed by atoms with E-state index < -0.39 is 55.8 Å². The Morgan fingerprint density at radius 3 is 1.27 bits per heavy atom. The van der Waals surface area contributed by atoms with Gasteiger partial charge in [0.05, 0.1) is 43.2 Å². The lowest BCUT2D eigenvalue weighted by Crippen LogP contribution is -2.37. The number of aliphatic hydroxyl groups excluding tert-OH is 4. The zero-order valence-corrected chi connectivity index (χ0v) is 22.0. The average molecular weight is 587 g/mol. The minimum absolute atomic E-state index is 0.406. The number of aliphatic hydroxyl groups is 4. The number of nitrogens with two attached hydrogens (primary N) is 2. The van der Waals surface area contributed by atoms with Gasteiger partial charge in [-0.05, 0) is 24.6 Å². The van der Waals surface area contributed by atoms with Gasteiger partial charge < -0.3 is 47.2 Å². The number of benzene rings is 1. The summed E-state index contributed by atoms with van der Waals surface area (Å²) in [7, 11) is 0. The molecule has 2 amide bonds. The molecule has 0 fully saturated rings. The second-order valence-corrected chi connectivity index (χ2v) is 6.54. The van der Waals surface area contributed by atoms with Gasteiger partial charge in [0, 0.05) is 18.2 Å². The van der Waals surface area contributed by atoms with Crippen molar-refractivity contribution in [3.05, 3.63) is 61.7 Å². The molecule has 0 spiro atoms. The molecule has 0 unspecified atom stereocenters. The molecule has 17 nitrogen and oxygen atoms in total. The van der Waals surface area contributed by atoms with Gasteiger partial charge in [0.1, 0.15) is 0 Å². The fourth-order valence-corrected chi connectivity index (χ4v) is 1.19. The van der Waals surface area contributed by atoms with E-state index in [0.29, 0.717) is 11.4 Å². The fourth-order valence-electron chi connectivity index (χ4n) is 1.19. The summed E-state index contributed by atoms with van der Waals surface area (Å²) in [6, 6.07) is 4.04. The average Bonchev–Trinajstić information content (AvgIpc) is 2.93. The molecule has 0 aliphatic carbocycles. The second kappa shape index (κ2) is 30.9. The highest BCUT2D eigenvalue weighted by Crippen LogP contribution is 2.23. The molecule has 228 valence electrons. The van der Waals surface area contributed by atoms with Gasteiger partial charge in [-0.25, -0.2) is 28.8 Å². The number of primary amides is 2. The summed E-state index contributed by atoms with van der Waals surface area (Å²) >= 11 is 0. The normalized spacial score (nSPS) is 8.22. The molecule has 0 aliphatic heterocycles. The summed E-state index contributed by atoms with van der Waals surface area (Å²) in [6.07, 6.45) is 5.34. The van der Waals surface area contributed by atoms with E-state index >= 15 is 0 Å². The minimum Gasteiger partial charge on any atom is -0.478 e. The Bertz CT molecular complexity index is 993. The maximum atomic E-state index is 10.00. The first-order chi connectivity index (χ1) is 19.1. The third-order valence-corrected chi connectivity index (χ3v) is 3.40. The van der Waals surface area contributed by atoms with Crippen molar-refractivity contribution in [2.24, 2.45) is 26.9 Å². The number of nitrogens with zero attached hydrogens (tertiary/aromatic N) is 2. The van der Waals surface area contributed by atoms with Gasteiger partial charge in [-0.3, -0.25) is 0 Å². The van der Waals surface area contributed by atoms with E-state index in [0.717, 1.165) is 23.8 Å². The van der Waals surface area contributed by atoms with Gasteiger partial charge in [0.15, 0.2) is 0 Å². The van der Waals surface area contributed by atoms with E-state index in [1.54, 1.807) is 19.1 Å².